The maximum Gasteiger partial charge on any atom is 0.147 e. The fourth-order valence-corrected chi connectivity index (χ4v) is 5.23. The molecule has 3 aromatic carbocycles. The molecule has 1 fully saturated rings. The minimum atomic E-state index is -0.657. The van der Waals surface area contributed by atoms with E-state index in [9.17, 15) is 20.1 Å². The van der Waals surface area contributed by atoms with Crippen molar-refractivity contribution >= 4 is 16.7 Å². The number of phenols is 2. The van der Waals surface area contributed by atoms with Crippen molar-refractivity contribution in [2.24, 2.45) is 5.92 Å². The molecule has 7 heteroatoms. The van der Waals surface area contributed by atoms with E-state index in [0.717, 1.165) is 22.0 Å². The van der Waals surface area contributed by atoms with Gasteiger partial charge in [-0.25, -0.2) is 0 Å². The second-order valence-corrected chi connectivity index (χ2v) is 9.88. The van der Waals surface area contributed by atoms with Crippen molar-refractivity contribution in [2.45, 2.75) is 24.9 Å². The molecule has 1 aliphatic heterocycles. The van der Waals surface area contributed by atoms with E-state index in [0.29, 0.717) is 38.2 Å². The van der Waals surface area contributed by atoms with Crippen LogP contribution in [0.15, 0.2) is 85.1 Å². The summed E-state index contributed by atoms with van der Waals surface area (Å²) in [5.74, 6) is 0.553. The number of aliphatic hydroxyl groups excluding tert-OH is 1. The smallest absolute Gasteiger partial charge is 0.147 e. The molecule has 0 bridgehead atoms. The molecule has 0 aliphatic carbocycles. The molecule has 0 saturated carbocycles. The molecule has 1 unspecified atom stereocenters. The van der Waals surface area contributed by atoms with Crippen LogP contribution in [0.2, 0.25) is 0 Å². The Balaban J connectivity index is 1.18. The molecule has 5 rings (SSSR count). The molecule has 0 amide bonds. The Morgan fingerprint density at radius 1 is 0.895 bits per heavy atom. The van der Waals surface area contributed by atoms with Gasteiger partial charge in [0.2, 0.25) is 0 Å². The van der Waals surface area contributed by atoms with Gasteiger partial charge in [0, 0.05) is 24.0 Å². The summed E-state index contributed by atoms with van der Waals surface area (Å²) in [5.41, 5.74) is 2.48. The van der Waals surface area contributed by atoms with Gasteiger partial charge in [0.25, 0.3) is 0 Å². The molecule has 0 radical (unpaired) electrons. The molecule has 2 heterocycles. The van der Waals surface area contributed by atoms with Crippen LogP contribution in [0.3, 0.4) is 0 Å². The van der Waals surface area contributed by atoms with E-state index in [1.165, 1.54) is 0 Å². The van der Waals surface area contributed by atoms with Gasteiger partial charge in [-0.15, -0.1) is 0 Å². The number of piperidine rings is 1. The third kappa shape index (κ3) is 5.96. The lowest BCUT2D eigenvalue weighted by molar-refractivity contribution is -0.125. The number of hydrogen-bond acceptors (Lipinski definition) is 7. The van der Waals surface area contributed by atoms with Gasteiger partial charge in [-0.3, -0.25) is 9.78 Å². The van der Waals surface area contributed by atoms with Crippen molar-refractivity contribution in [3.8, 4) is 17.2 Å². The van der Waals surface area contributed by atoms with Gasteiger partial charge in [-0.1, -0.05) is 30.3 Å². The maximum atomic E-state index is 13.7. The number of fused-ring (bicyclic) bond motifs is 1. The van der Waals surface area contributed by atoms with Crippen LogP contribution in [0.1, 0.15) is 29.9 Å². The lowest BCUT2D eigenvalue weighted by Gasteiger charge is -2.34. The van der Waals surface area contributed by atoms with Crippen molar-refractivity contribution in [1.82, 2.24) is 9.88 Å². The Hall–Kier alpha value is -3.94. The van der Waals surface area contributed by atoms with E-state index in [1.807, 2.05) is 30.3 Å². The van der Waals surface area contributed by atoms with Gasteiger partial charge >= 0.3 is 0 Å². The van der Waals surface area contributed by atoms with E-state index >= 15 is 0 Å². The third-order valence-corrected chi connectivity index (χ3v) is 7.23. The van der Waals surface area contributed by atoms with Crippen LogP contribution in [-0.2, 0) is 4.79 Å². The lowest BCUT2D eigenvalue weighted by Crippen LogP contribution is -2.42. The number of ketones is 1. The van der Waals surface area contributed by atoms with E-state index < -0.39 is 12.0 Å². The highest BCUT2D eigenvalue weighted by atomic mass is 16.5. The van der Waals surface area contributed by atoms with Gasteiger partial charge in [-0.05, 0) is 85.6 Å². The quantitative estimate of drug-likeness (QED) is 0.303. The SMILES string of the molecule is O=C(C1CCN(CC(O)COc2cccc3ncccc23)CC1)C(c1ccc(O)cc1)c1ccc(O)cc1. The van der Waals surface area contributed by atoms with E-state index in [2.05, 4.69) is 9.88 Å². The Kier molecular flexibility index (Phi) is 7.86. The van der Waals surface area contributed by atoms with Crippen molar-refractivity contribution in [3.05, 3.63) is 96.2 Å². The number of aromatic hydroxyl groups is 2. The number of β-amino-alcohol motifs (C(OH)–C–C–N with tert-alkyl or cyclic N) is 1. The fourth-order valence-electron chi connectivity index (χ4n) is 5.23. The van der Waals surface area contributed by atoms with Crippen molar-refractivity contribution in [2.75, 3.05) is 26.2 Å². The molecule has 1 aliphatic rings. The van der Waals surface area contributed by atoms with Crippen LogP contribution < -0.4 is 4.74 Å². The molecule has 0 spiro atoms. The first-order valence-electron chi connectivity index (χ1n) is 13.0. The van der Waals surface area contributed by atoms with Crippen molar-refractivity contribution < 1.29 is 24.9 Å². The highest BCUT2D eigenvalue weighted by Crippen LogP contribution is 2.33. The summed E-state index contributed by atoms with van der Waals surface area (Å²) in [6.45, 7) is 2.08. The van der Waals surface area contributed by atoms with Gasteiger partial charge in [0.05, 0.1) is 11.4 Å². The first-order valence-corrected chi connectivity index (χ1v) is 13.0. The second-order valence-electron chi connectivity index (χ2n) is 9.88. The number of nitrogens with zero attached hydrogens (tertiary/aromatic N) is 2. The minimum absolute atomic E-state index is 0.115. The number of Topliss-reactive ketones (excluding diaryl/α,β-unsaturated/α-hetero) is 1. The highest BCUT2D eigenvalue weighted by molar-refractivity contribution is 5.91. The van der Waals surface area contributed by atoms with Crippen LogP contribution in [-0.4, -0.2) is 63.3 Å². The van der Waals surface area contributed by atoms with Crippen LogP contribution in [0.4, 0.5) is 0 Å². The number of pyridine rings is 1. The summed E-state index contributed by atoms with van der Waals surface area (Å²) in [6.07, 6.45) is 2.49. The molecule has 1 atom stereocenters. The zero-order valence-corrected chi connectivity index (χ0v) is 21.1. The number of aliphatic hydroxyl groups is 1. The molecular weight excluding hydrogens is 480 g/mol. The summed E-state index contributed by atoms with van der Waals surface area (Å²) in [5, 5.41) is 31.0. The normalized spacial score (nSPS) is 15.5. The zero-order valence-electron chi connectivity index (χ0n) is 21.1. The number of carbonyl (C=O) groups excluding carboxylic acids is 1. The summed E-state index contributed by atoms with van der Waals surface area (Å²) >= 11 is 0. The monoisotopic (exact) mass is 512 g/mol. The van der Waals surface area contributed by atoms with Gasteiger partial charge < -0.3 is 25.0 Å². The highest BCUT2D eigenvalue weighted by Gasteiger charge is 2.32. The number of ether oxygens (including phenoxy) is 1. The number of rotatable bonds is 9. The van der Waals surface area contributed by atoms with E-state index in [4.69, 9.17) is 4.74 Å². The van der Waals surface area contributed by atoms with Crippen molar-refractivity contribution in [3.63, 3.8) is 0 Å². The fraction of sp³-hybridized carbons (Fsp3) is 0.290. The molecule has 7 nitrogen and oxygen atoms in total. The Labute approximate surface area is 222 Å². The number of benzene rings is 3. The summed E-state index contributed by atoms with van der Waals surface area (Å²) < 4.78 is 5.92. The summed E-state index contributed by atoms with van der Waals surface area (Å²) in [6, 6.07) is 23.0. The van der Waals surface area contributed by atoms with Crippen LogP contribution in [0.5, 0.6) is 17.2 Å². The average molecular weight is 513 g/mol. The molecule has 196 valence electrons. The Morgan fingerprint density at radius 3 is 2.16 bits per heavy atom. The van der Waals surface area contributed by atoms with Gasteiger partial charge in [0.15, 0.2) is 0 Å². The first-order chi connectivity index (χ1) is 18.5. The topological polar surface area (TPSA) is 103 Å². The predicted molar refractivity (Wildman–Crippen MR) is 145 cm³/mol. The third-order valence-electron chi connectivity index (χ3n) is 7.23. The second kappa shape index (κ2) is 11.6. The van der Waals surface area contributed by atoms with Crippen LogP contribution in [0.25, 0.3) is 10.9 Å². The number of likely N-dealkylation sites (tertiary alicyclic amines) is 1. The minimum Gasteiger partial charge on any atom is -0.508 e. The number of carbonyl (C=O) groups is 1. The predicted octanol–water partition coefficient (Wildman–Crippen LogP) is 4.50. The molecule has 38 heavy (non-hydrogen) atoms. The molecule has 1 saturated heterocycles. The number of aromatic nitrogens is 1. The van der Waals surface area contributed by atoms with E-state index in [-0.39, 0.29) is 29.8 Å². The zero-order chi connectivity index (χ0) is 26.5. The van der Waals surface area contributed by atoms with E-state index in [1.54, 1.807) is 54.7 Å². The molecular formula is C31H32N2O5. The largest absolute Gasteiger partial charge is 0.508 e. The van der Waals surface area contributed by atoms with Crippen LogP contribution in [0, 0.1) is 5.92 Å². The summed E-state index contributed by atoms with van der Waals surface area (Å²) in [4.78, 5) is 20.3. The maximum absolute atomic E-state index is 13.7. The number of phenolic OH excluding ortho intramolecular Hbond substituents is 2. The Bertz CT molecular complexity index is 1310. The van der Waals surface area contributed by atoms with Gasteiger partial charge in [-0.2, -0.15) is 0 Å². The average Bonchev–Trinajstić information content (AvgIpc) is 2.94. The molecule has 3 N–H and O–H groups in total. The lowest BCUT2D eigenvalue weighted by atomic mass is 9.79. The van der Waals surface area contributed by atoms with Gasteiger partial charge in [0.1, 0.15) is 35.7 Å². The van der Waals surface area contributed by atoms with Crippen LogP contribution >= 0.6 is 0 Å². The summed E-state index contributed by atoms with van der Waals surface area (Å²) in [7, 11) is 0. The molecule has 4 aromatic rings. The molecule has 1 aromatic heterocycles. The first kappa shape index (κ1) is 25.7. The number of hydrogen-bond donors (Lipinski definition) is 3. The Morgan fingerprint density at radius 2 is 1.53 bits per heavy atom. The standard InChI is InChI=1S/C31H32N2O5/c34-24-10-6-21(7-11-24)30(22-8-12-25(35)13-9-22)31(37)23-14-17-33(18-15-23)19-26(36)20-38-29-5-1-4-28-27(29)3-2-16-32-28/h1-13,16,23,26,30,34-36H,14-15,17-20H2. The van der Waals surface area contributed by atoms with Crippen molar-refractivity contribution in [1.29, 1.82) is 0 Å².